The van der Waals surface area contributed by atoms with Crippen LogP contribution in [0.5, 0.6) is 0 Å². The van der Waals surface area contributed by atoms with Gasteiger partial charge in [-0.1, -0.05) is 37.8 Å². The number of hydrogen-bond donors (Lipinski definition) is 2. The number of carbonyl (C=O) groups is 1. The van der Waals surface area contributed by atoms with E-state index < -0.39 is 10.0 Å². The lowest BCUT2D eigenvalue weighted by Crippen LogP contribution is -2.57. The molecule has 1 saturated carbocycles. The van der Waals surface area contributed by atoms with Crippen LogP contribution < -0.4 is 10.0 Å². The van der Waals surface area contributed by atoms with Gasteiger partial charge in [-0.25, -0.2) is 8.42 Å². The first kappa shape index (κ1) is 20.3. The molecular weight excluding hydrogens is 388 g/mol. The van der Waals surface area contributed by atoms with Crippen LogP contribution in [0.4, 0.5) is 0 Å². The molecule has 3 aliphatic rings. The number of carbonyl (C=O) groups excluding carboxylic acids is 1. The van der Waals surface area contributed by atoms with E-state index in [1.54, 1.807) is 24.3 Å². The SMILES string of the molecule is O=C(CN=C1NS(=O)(=O)c2ccccc21)NC1(CN2CCCCC2)CCCCC1. The van der Waals surface area contributed by atoms with Crippen molar-refractivity contribution in [3.63, 3.8) is 0 Å². The van der Waals surface area contributed by atoms with Gasteiger partial charge in [-0.05, 0) is 50.9 Å². The summed E-state index contributed by atoms with van der Waals surface area (Å²) >= 11 is 0. The molecule has 0 bridgehead atoms. The van der Waals surface area contributed by atoms with Crippen LogP contribution in [0.3, 0.4) is 0 Å². The molecule has 2 N–H and O–H groups in total. The van der Waals surface area contributed by atoms with Gasteiger partial charge in [0.15, 0.2) is 0 Å². The van der Waals surface area contributed by atoms with Crippen molar-refractivity contribution < 1.29 is 13.2 Å². The van der Waals surface area contributed by atoms with E-state index in [0.717, 1.165) is 45.3 Å². The Balaban J connectivity index is 1.44. The first-order valence-electron chi connectivity index (χ1n) is 10.7. The Morgan fingerprint density at radius 3 is 2.52 bits per heavy atom. The van der Waals surface area contributed by atoms with Gasteiger partial charge in [0.25, 0.3) is 10.0 Å². The average Bonchev–Trinajstić information content (AvgIpc) is 2.98. The van der Waals surface area contributed by atoms with Crippen LogP contribution in [0.1, 0.15) is 56.9 Å². The van der Waals surface area contributed by atoms with Gasteiger partial charge < -0.3 is 10.2 Å². The summed E-state index contributed by atoms with van der Waals surface area (Å²) in [7, 11) is -3.58. The van der Waals surface area contributed by atoms with Crippen LogP contribution in [-0.2, 0) is 14.8 Å². The number of nitrogens with zero attached hydrogens (tertiary/aromatic N) is 2. The van der Waals surface area contributed by atoms with Crippen LogP contribution >= 0.6 is 0 Å². The molecule has 0 atom stereocenters. The van der Waals surface area contributed by atoms with E-state index in [1.165, 1.54) is 25.7 Å². The molecule has 0 radical (unpaired) electrons. The van der Waals surface area contributed by atoms with Gasteiger partial charge in [0, 0.05) is 12.1 Å². The van der Waals surface area contributed by atoms with Gasteiger partial charge in [-0.2, -0.15) is 0 Å². The van der Waals surface area contributed by atoms with Crippen molar-refractivity contribution in [2.45, 2.75) is 61.8 Å². The lowest BCUT2D eigenvalue weighted by molar-refractivity contribution is -0.122. The number of fused-ring (bicyclic) bond motifs is 1. The van der Waals surface area contributed by atoms with E-state index in [0.29, 0.717) is 5.56 Å². The fraction of sp³-hybridized carbons (Fsp3) is 0.619. The molecule has 1 aromatic rings. The van der Waals surface area contributed by atoms with Gasteiger partial charge in [-0.15, -0.1) is 0 Å². The topological polar surface area (TPSA) is 90.9 Å². The molecule has 0 spiro atoms. The van der Waals surface area contributed by atoms with Gasteiger partial charge in [0.2, 0.25) is 5.91 Å². The highest BCUT2D eigenvalue weighted by atomic mass is 32.2. The van der Waals surface area contributed by atoms with Crippen LogP contribution in [0.15, 0.2) is 34.2 Å². The number of hydrogen-bond acceptors (Lipinski definition) is 5. The number of piperidine rings is 1. The molecule has 2 fully saturated rings. The third-order valence-electron chi connectivity index (χ3n) is 6.23. The van der Waals surface area contributed by atoms with E-state index in [4.69, 9.17) is 0 Å². The van der Waals surface area contributed by atoms with Crippen molar-refractivity contribution >= 4 is 21.8 Å². The minimum atomic E-state index is -3.58. The summed E-state index contributed by atoms with van der Waals surface area (Å²) in [6.45, 7) is 3.05. The zero-order chi connectivity index (χ0) is 20.3. The minimum Gasteiger partial charge on any atom is -0.348 e. The summed E-state index contributed by atoms with van der Waals surface area (Å²) in [5.41, 5.74) is 0.348. The first-order valence-corrected chi connectivity index (χ1v) is 12.2. The van der Waals surface area contributed by atoms with Crippen molar-refractivity contribution in [3.05, 3.63) is 29.8 Å². The Labute approximate surface area is 173 Å². The average molecular weight is 419 g/mol. The lowest BCUT2D eigenvalue weighted by atomic mass is 9.80. The number of benzene rings is 1. The fourth-order valence-corrected chi connectivity index (χ4v) is 6.09. The molecule has 1 aliphatic carbocycles. The monoisotopic (exact) mass is 418 g/mol. The third-order valence-corrected chi connectivity index (χ3v) is 7.63. The number of nitrogens with one attached hydrogen (secondary N) is 2. The summed E-state index contributed by atoms with van der Waals surface area (Å²) in [6.07, 6.45) is 9.26. The maximum Gasteiger partial charge on any atom is 0.263 e. The Morgan fingerprint density at radius 1 is 1.07 bits per heavy atom. The van der Waals surface area contributed by atoms with Crippen molar-refractivity contribution in [1.82, 2.24) is 14.9 Å². The molecule has 2 heterocycles. The van der Waals surface area contributed by atoms with E-state index in [1.807, 2.05) is 0 Å². The molecule has 1 saturated heterocycles. The number of amides is 1. The smallest absolute Gasteiger partial charge is 0.263 e. The van der Waals surface area contributed by atoms with Crippen molar-refractivity contribution in [2.24, 2.45) is 4.99 Å². The number of likely N-dealkylation sites (tertiary alicyclic amines) is 1. The number of rotatable bonds is 5. The van der Waals surface area contributed by atoms with E-state index >= 15 is 0 Å². The molecule has 4 rings (SSSR count). The van der Waals surface area contributed by atoms with Gasteiger partial charge >= 0.3 is 0 Å². The zero-order valence-electron chi connectivity index (χ0n) is 16.8. The van der Waals surface area contributed by atoms with Gasteiger partial charge in [0.05, 0.1) is 10.4 Å². The highest BCUT2D eigenvalue weighted by Crippen LogP contribution is 2.30. The summed E-state index contributed by atoms with van der Waals surface area (Å²) in [6, 6.07) is 6.71. The summed E-state index contributed by atoms with van der Waals surface area (Å²) in [5, 5.41) is 3.28. The molecule has 7 nitrogen and oxygen atoms in total. The number of sulfonamides is 1. The van der Waals surface area contributed by atoms with Gasteiger partial charge in [-0.3, -0.25) is 14.5 Å². The normalized spacial score (nSPS) is 24.6. The first-order chi connectivity index (χ1) is 14.0. The maximum absolute atomic E-state index is 12.8. The largest absolute Gasteiger partial charge is 0.348 e. The van der Waals surface area contributed by atoms with Gasteiger partial charge in [0.1, 0.15) is 12.4 Å². The Morgan fingerprint density at radius 2 is 1.76 bits per heavy atom. The summed E-state index contributed by atoms with van der Waals surface area (Å²) < 4.78 is 26.9. The molecule has 0 unspecified atom stereocenters. The highest BCUT2D eigenvalue weighted by Gasteiger charge is 2.36. The molecule has 1 aromatic carbocycles. The number of aliphatic imine (C=N–C) groups is 1. The molecule has 1 amide bonds. The second-order valence-electron chi connectivity index (χ2n) is 8.49. The Hall–Kier alpha value is -1.93. The highest BCUT2D eigenvalue weighted by molar-refractivity contribution is 7.90. The number of amidine groups is 1. The van der Waals surface area contributed by atoms with Crippen molar-refractivity contribution in [1.29, 1.82) is 0 Å². The molecule has 29 heavy (non-hydrogen) atoms. The molecular formula is C21H30N4O3S. The van der Waals surface area contributed by atoms with Crippen LogP contribution in [0.2, 0.25) is 0 Å². The third kappa shape index (κ3) is 4.64. The second-order valence-corrected chi connectivity index (χ2v) is 10.1. The quantitative estimate of drug-likeness (QED) is 0.766. The molecule has 2 aliphatic heterocycles. The standard InChI is InChI=1S/C21H30N4O3S/c26-19(15-22-20-17-9-3-4-10-18(17)29(27,28)24-20)23-21(11-5-1-6-12-21)16-25-13-7-2-8-14-25/h3-4,9-10H,1-2,5-8,11-16H2,(H,22,24)(H,23,26). The Kier molecular flexibility index (Phi) is 5.92. The summed E-state index contributed by atoms with van der Waals surface area (Å²) in [4.78, 5) is 19.8. The molecule has 0 aromatic heterocycles. The second kappa shape index (κ2) is 8.44. The minimum absolute atomic E-state index is 0.0755. The fourth-order valence-electron chi connectivity index (χ4n) is 4.83. The van der Waals surface area contributed by atoms with Crippen molar-refractivity contribution in [2.75, 3.05) is 26.2 Å². The van der Waals surface area contributed by atoms with E-state index in [2.05, 4.69) is 19.9 Å². The van der Waals surface area contributed by atoms with Crippen LogP contribution in [0, 0.1) is 0 Å². The zero-order valence-corrected chi connectivity index (χ0v) is 17.6. The van der Waals surface area contributed by atoms with Crippen LogP contribution in [-0.4, -0.2) is 56.8 Å². The predicted molar refractivity (Wildman–Crippen MR) is 112 cm³/mol. The lowest BCUT2D eigenvalue weighted by Gasteiger charge is -2.42. The molecule has 158 valence electrons. The summed E-state index contributed by atoms with van der Waals surface area (Å²) in [5.74, 6) is 0.115. The van der Waals surface area contributed by atoms with E-state index in [-0.39, 0.29) is 28.7 Å². The van der Waals surface area contributed by atoms with Crippen molar-refractivity contribution in [3.8, 4) is 0 Å². The maximum atomic E-state index is 12.8. The predicted octanol–water partition coefficient (Wildman–Crippen LogP) is 2.03. The van der Waals surface area contributed by atoms with Crippen LogP contribution in [0.25, 0.3) is 0 Å². The van der Waals surface area contributed by atoms with E-state index in [9.17, 15) is 13.2 Å². The Bertz CT molecular complexity index is 885. The molecule has 8 heteroatoms.